The van der Waals surface area contributed by atoms with Gasteiger partial charge in [0.2, 0.25) is 0 Å². The van der Waals surface area contributed by atoms with E-state index in [0.717, 1.165) is 10.9 Å². The molecule has 1 unspecified atom stereocenters. The average molecular weight is 288 g/mol. The molecule has 0 radical (unpaired) electrons. The van der Waals surface area contributed by atoms with Gasteiger partial charge in [-0.1, -0.05) is 40.2 Å². The summed E-state index contributed by atoms with van der Waals surface area (Å²) in [6.45, 7) is 2.18. The average Bonchev–Trinajstić information content (AvgIpc) is 2.72. The summed E-state index contributed by atoms with van der Waals surface area (Å²) >= 11 is 3.53. The van der Waals surface area contributed by atoms with E-state index >= 15 is 0 Å². The number of aryl methyl sites for hydroxylation is 1. The Balaban J connectivity index is 1.94. The predicted molar refractivity (Wildman–Crippen MR) is 75.4 cm³/mol. The van der Waals surface area contributed by atoms with Gasteiger partial charge in [-0.2, -0.15) is 0 Å². The van der Waals surface area contributed by atoms with Gasteiger partial charge in [-0.3, -0.25) is 0 Å². The number of hydrogen-bond donors (Lipinski definition) is 1. The van der Waals surface area contributed by atoms with Crippen LogP contribution in [0.4, 0.5) is 5.69 Å². The van der Waals surface area contributed by atoms with Gasteiger partial charge < -0.3 is 5.32 Å². The van der Waals surface area contributed by atoms with Crippen LogP contribution in [-0.2, 0) is 6.42 Å². The largest absolute Gasteiger partial charge is 0.378 e. The van der Waals surface area contributed by atoms with Crippen LogP contribution < -0.4 is 5.32 Å². The highest BCUT2D eigenvalue weighted by atomic mass is 79.9. The topological polar surface area (TPSA) is 12.0 Å². The molecule has 1 aliphatic rings. The van der Waals surface area contributed by atoms with Gasteiger partial charge in [0.1, 0.15) is 0 Å². The number of rotatable bonds is 1. The first kappa shape index (κ1) is 10.8. The fourth-order valence-electron chi connectivity index (χ4n) is 2.50. The van der Waals surface area contributed by atoms with E-state index in [-0.39, 0.29) is 0 Å². The van der Waals surface area contributed by atoms with Crippen molar-refractivity contribution in [2.45, 2.75) is 19.4 Å². The van der Waals surface area contributed by atoms with Crippen LogP contribution in [0.15, 0.2) is 46.9 Å². The molecule has 0 aliphatic carbocycles. The Labute approximate surface area is 110 Å². The lowest BCUT2D eigenvalue weighted by atomic mass is 9.99. The normalized spacial score (nSPS) is 17.6. The Bertz CT molecular complexity index is 563. The number of fused-ring (bicyclic) bond motifs is 1. The van der Waals surface area contributed by atoms with Crippen LogP contribution in [0.2, 0.25) is 0 Å². The summed E-state index contributed by atoms with van der Waals surface area (Å²) in [6.07, 6.45) is 1.07. The van der Waals surface area contributed by atoms with Gasteiger partial charge in [-0.15, -0.1) is 0 Å². The number of halogens is 1. The fourth-order valence-corrected chi connectivity index (χ4v) is 2.90. The summed E-state index contributed by atoms with van der Waals surface area (Å²) in [5.41, 5.74) is 5.42. The first-order valence-electron chi connectivity index (χ1n) is 5.84. The maximum absolute atomic E-state index is 3.60. The number of nitrogens with one attached hydrogen (secondary N) is 1. The molecule has 0 aromatic heterocycles. The van der Waals surface area contributed by atoms with Crippen LogP contribution in [-0.4, -0.2) is 0 Å². The van der Waals surface area contributed by atoms with E-state index in [1.54, 1.807) is 0 Å². The smallest absolute Gasteiger partial charge is 0.0557 e. The third-order valence-electron chi connectivity index (χ3n) is 3.38. The monoisotopic (exact) mass is 287 g/mol. The molecule has 0 spiro atoms. The standard InChI is InChI=1S/C15H14BrN/c1-10-4-2-3-5-13(10)15-9-11-8-12(16)6-7-14(11)17-15/h2-8,15,17H,9H2,1H3. The second kappa shape index (κ2) is 4.19. The number of benzene rings is 2. The van der Waals surface area contributed by atoms with E-state index in [2.05, 4.69) is 70.6 Å². The van der Waals surface area contributed by atoms with Gasteiger partial charge in [0.05, 0.1) is 6.04 Å². The van der Waals surface area contributed by atoms with Crippen LogP contribution in [0.5, 0.6) is 0 Å². The molecule has 1 heterocycles. The molecule has 3 rings (SSSR count). The molecule has 0 saturated heterocycles. The highest BCUT2D eigenvalue weighted by Gasteiger charge is 2.22. The first-order chi connectivity index (χ1) is 8.24. The van der Waals surface area contributed by atoms with E-state index in [1.807, 2.05) is 0 Å². The minimum absolute atomic E-state index is 0.417. The van der Waals surface area contributed by atoms with Crippen molar-refractivity contribution in [1.82, 2.24) is 0 Å². The Hall–Kier alpha value is -1.28. The molecule has 17 heavy (non-hydrogen) atoms. The molecule has 0 saturated carbocycles. The second-order valence-electron chi connectivity index (χ2n) is 4.56. The molecule has 1 aliphatic heterocycles. The molecule has 0 bridgehead atoms. The van der Waals surface area contributed by atoms with Crippen molar-refractivity contribution < 1.29 is 0 Å². The summed E-state index contributed by atoms with van der Waals surface area (Å²) in [7, 11) is 0. The third kappa shape index (κ3) is 1.98. The first-order valence-corrected chi connectivity index (χ1v) is 6.64. The summed E-state index contributed by atoms with van der Waals surface area (Å²) < 4.78 is 1.16. The minimum Gasteiger partial charge on any atom is -0.378 e. The van der Waals surface area contributed by atoms with Gasteiger partial charge >= 0.3 is 0 Å². The molecular formula is C15H14BrN. The number of anilines is 1. The lowest BCUT2D eigenvalue weighted by molar-refractivity contribution is 0.816. The van der Waals surface area contributed by atoms with Gasteiger partial charge in [-0.25, -0.2) is 0 Å². The van der Waals surface area contributed by atoms with E-state index < -0.39 is 0 Å². The van der Waals surface area contributed by atoms with E-state index in [1.165, 1.54) is 22.4 Å². The summed E-state index contributed by atoms with van der Waals surface area (Å²) in [5, 5.41) is 3.60. The quantitative estimate of drug-likeness (QED) is 0.816. The van der Waals surface area contributed by atoms with E-state index in [4.69, 9.17) is 0 Å². The third-order valence-corrected chi connectivity index (χ3v) is 3.88. The maximum atomic E-state index is 3.60. The lowest BCUT2D eigenvalue weighted by Gasteiger charge is -2.14. The lowest BCUT2D eigenvalue weighted by Crippen LogP contribution is -2.07. The van der Waals surface area contributed by atoms with E-state index in [0.29, 0.717) is 6.04 Å². The van der Waals surface area contributed by atoms with Crippen LogP contribution in [0, 0.1) is 6.92 Å². The van der Waals surface area contributed by atoms with Crippen molar-refractivity contribution in [2.75, 3.05) is 5.32 Å². The zero-order valence-electron chi connectivity index (χ0n) is 9.70. The molecule has 86 valence electrons. The van der Waals surface area contributed by atoms with Gasteiger partial charge in [-0.05, 0) is 48.2 Å². The Morgan fingerprint density at radius 2 is 2.00 bits per heavy atom. The van der Waals surface area contributed by atoms with Crippen molar-refractivity contribution in [1.29, 1.82) is 0 Å². The molecule has 2 heteroatoms. The molecule has 0 amide bonds. The predicted octanol–water partition coefficient (Wildman–Crippen LogP) is 4.47. The van der Waals surface area contributed by atoms with Crippen LogP contribution in [0.25, 0.3) is 0 Å². The SMILES string of the molecule is Cc1ccccc1C1Cc2cc(Br)ccc2N1. The summed E-state index contributed by atoms with van der Waals surface area (Å²) in [4.78, 5) is 0. The highest BCUT2D eigenvalue weighted by molar-refractivity contribution is 9.10. The van der Waals surface area contributed by atoms with Crippen molar-refractivity contribution in [3.05, 3.63) is 63.6 Å². The van der Waals surface area contributed by atoms with Crippen LogP contribution in [0.1, 0.15) is 22.7 Å². The molecule has 1 atom stereocenters. The van der Waals surface area contributed by atoms with Gasteiger partial charge in [0, 0.05) is 10.2 Å². The van der Waals surface area contributed by atoms with Gasteiger partial charge in [0.15, 0.2) is 0 Å². The maximum Gasteiger partial charge on any atom is 0.0557 e. The molecular weight excluding hydrogens is 274 g/mol. The Kier molecular flexibility index (Phi) is 2.67. The Morgan fingerprint density at radius 3 is 2.82 bits per heavy atom. The second-order valence-corrected chi connectivity index (χ2v) is 5.47. The number of hydrogen-bond acceptors (Lipinski definition) is 1. The fraction of sp³-hybridized carbons (Fsp3) is 0.200. The van der Waals surface area contributed by atoms with Crippen molar-refractivity contribution in [3.8, 4) is 0 Å². The summed E-state index contributed by atoms with van der Waals surface area (Å²) in [6, 6.07) is 15.5. The van der Waals surface area contributed by atoms with Crippen molar-refractivity contribution >= 4 is 21.6 Å². The molecule has 1 N–H and O–H groups in total. The highest BCUT2D eigenvalue weighted by Crippen LogP contribution is 2.36. The Morgan fingerprint density at radius 1 is 1.18 bits per heavy atom. The van der Waals surface area contributed by atoms with Crippen molar-refractivity contribution in [3.63, 3.8) is 0 Å². The van der Waals surface area contributed by atoms with Crippen molar-refractivity contribution in [2.24, 2.45) is 0 Å². The zero-order valence-corrected chi connectivity index (χ0v) is 11.3. The van der Waals surface area contributed by atoms with E-state index in [9.17, 15) is 0 Å². The molecule has 2 aromatic rings. The molecule has 1 nitrogen and oxygen atoms in total. The zero-order chi connectivity index (χ0) is 11.8. The summed E-state index contributed by atoms with van der Waals surface area (Å²) in [5.74, 6) is 0. The van der Waals surface area contributed by atoms with Gasteiger partial charge in [0.25, 0.3) is 0 Å². The molecule has 2 aromatic carbocycles. The molecule has 0 fully saturated rings. The minimum atomic E-state index is 0.417. The van der Waals surface area contributed by atoms with Crippen LogP contribution >= 0.6 is 15.9 Å². The van der Waals surface area contributed by atoms with Crippen LogP contribution in [0.3, 0.4) is 0 Å².